The van der Waals surface area contributed by atoms with E-state index in [9.17, 15) is 9.59 Å². The number of hydrogen-bond acceptors (Lipinski definition) is 5. The third-order valence-corrected chi connectivity index (χ3v) is 4.10. The fraction of sp³-hybridized carbons (Fsp3) is 0.500. The number of nitrogens with one attached hydrogen (secondary N) is 1. The zero-order valence-corrected chi connectivity index (χ0v) is 13.9. The first-order valence-corrected chi connectivity index (χ1v) is 7.55. The van der Waals surface area contributed by atoms with Gasteiger partial charge in [-0.2, -0.15) is 0 Å². The molecular weight excluding hydrogens is 306 g/mol. The molecular formula is C14H21N3O4S. The zero-order valence-electron chi connectivity index (χ0n) is 13.1. The third-order valence-electron chi connectivity index (χ3n) is 2.91. The lowest BCUT2D eigenvalue weighted by atomic mass is 10.2. The average molecular weight is 327 g/mol. The highest BCUT2D eigenvalue weighted by atomic mass is 32.1. The molecule has 0 radical (unpaired) electrons. The highest BCUT2D eigenvalue weighted by Gasteiger charge is 2.25. The van der Waals surface area contributed by atoms with Crippen molar-refractivity contribution in [1.82, 2.24) is 15.2 Å². The first-order chi connectivity index (χ1) is 10.3. The summed E-state index contributed by atoms with van der Waals surface area (Å²) in [7, 11) is 2.87. The molecule has 1 rings (SSSR count). The molecule has 1 heterocycles. The van der Waals surface area contributed by atoms with Crippen LogP contribution < -0.4 is 5.32 Å². The molecule has 0 aliphatic heterocycles. The molecule has 7 nitrogen and oxygen atoms in total. The maximum atomic E-state index is 12.1. The van der Waals surface area contributed by atoms with Crippen LogP contribution in [-0.2, 0) is 16.1 Å². The molecule has 22 heavy (non-hydrogen) atoms. The fourth-order valence-corrected chi connectivity index (χ4v) is 2.43. The van der Waals surface area contributed by atoms with Crippen LogP contribution in [0.2, 0.25) is 0 Å². The monoisotopic (exact) mass is 327 g/mol. The number of urea groups is 1. The number of aromatic nitrogens is 1. The summed E-state index contributed by atoms with van der Waals surface area (Å²) in [5.41, 5.74) is 0.767. The Morgan fingerprint density at radius 3 is 2.64 bits per heavy atom. The molecule has 0 bridgehead atoms. The summed E-state index contributed by atoms with van der Waals surface area (Å²) in [4.78, 5) is 29.0. The number of rotatable bonds is 7. The van der Waals surface area contributed by atoms with E-state index in [0.29, 0.717) is 12.5 Å². The summed E-state index contributed by atoms with van der Waals surface area (Å²) in [6, 6.07) is -1.83. The van der Waals surface area contributed by atoms with Crippen LogP contribution >= 0.6 is 11.3 Å². The molecule has 2 amide bonds. The molecule has 0 saturated carbocycles. The van der Waals surface area contributed by atoms with Crippen molar-refractivity contribution in [3.05, 3.63) is 28.4 Å². The van der Waals surface area contributed by atoms with E-state index in [1.54, 1.807) is 18.4 Å². The Labute approximate surface area is 133 Å². The molecule has 122 valence electrons. The van der Waals surface area contributed by atoms with Gasteiger partial charge in [0.2, 0.25) is 0 Å². The topological polar surface area (TPSA) is 91.8 Å². The molecule has 0 aliphatic rings. The molecule has 0 spiro atoms. The molecule has 0 saturated heterocycles. The largest absolute Gasteiger partial charge is 0.499 e. The number of amides is 2. The number of carboxylic acids is 1. The third kappa shape index (κ3) is 4.73. The zero-order chi connectivity index (χ0) is 16.9. The summed E-state index contributed by atoms with van der Waals surface area (Å²) in [5.74, 6) is -0.936. The lowest BCUT2D eigenvalue weighted by molar-refractivity contribution is -0.139. The van der Waals surface area contributed by atoms with Crippen molar-refractivity contribution >= 4 is 23.3 Å². The smallest absolute Gasteiger partial charge is 0.334 e. The van der Waals surface area contributed by atoms with Gasteiger partial charge in [0.1, 0.15) is 5.76 Å². The Morgan fingerprint density at radius 2 is 2.18 bits per heavy atom. The number of ether oxygens (including phenoxy) is 1. The SMILES string of the molecule is C=C(OC)[C@H](NC(=O)N(C)Cc1csc(C(C)C)n1)C(=O)O. The van der Waals surface area contributed by atoms with Crippen molar-refractivity contribution in [2.45, 2.75) is 32.4 Å². The number of nitrogens with zero attached hydrogens (tertiary/aromatic N) is 2. The lowest BCUT2D eigenvalue weighted by Gasteiger charge is -2.21. The summed E-state index contributed by atoms with van der Waals surface area (Å²) < 4.78 is 4.78. The van der Waals surface area contributed by atoms with Crippen molar-refractivity contribution in [1.29, 1.82) is 0 Å². The van der Waals surface area contributed by atoms with Crippen molar-refractivity contribution in [2.75, 3.05) is 14.2 Å². The van der Waals surface area contributed by atoms with Gasteiger partial charge in [-0.1, -0.05) is 20.4 Å². The van der Waals surface area contributed by atoms with E-state index in [2.05, 4.69) is 16.9 Å². The second-order valence-electron chi connectivity index (χ2n) is 5.08. The highest BCUT2D eigenvalue weighted by Crippen LogP contribution is 2.19. The molecule has 0 unspecified atom stereocenters. The van der Waals surface area contributed by atoms with E-state index in [4.69, 9.17) is 9.84 Å². The molecule has 8 heteroatoms. The molecule has 1 aromatic rings. The van der Waals surface area contributed by atoms with Gasteiger partial charge >= 0.3 is 12.0 Å². The van der Waals surface area contributed by atoms with Gasteiger partial charge in [0, 0.05) is 18.3 Å². The van der Waals surface area contributed by atoms with Crippen LogP contribution in [0.5, 0.6) is 0 Å². The van der Waals surface area contributed by atoms with Gasteiger partial charge in [0.25, 0.3) is 0 Å². The second-order valence-corrected chi connectivity index (χ2v) is 5.97. The number of methoxy groups -OCH3 is 1. The predicted molar refractivity (Wildman–Crippen MR) is 83.8 cm³/mol. The van der Waals surface area contributed by atoms with Gasteiger partial charge in [-0.05, 0) is 0 Å². The van der Waals surface area contributed by atoms with Crippen LogP contribution in [0.1, 0.15) is 30.5 Å². The standard InChI is InChI=1S/C14H21N3O4S/c1-8(2)12-15-10(7-22-12)6-17(4)14(20)16-11(13(18)19)9(3)21-5/h7-8,11H,3,6H2,1-2,4-5H3,(H,16,20)(H,18,19)/t11-/m0/s1. The minimum absolute atomic E-state index is 0.0370. The fourth-order valence-electron chi connectivity index (χ4n) is 1.61. The number of aliphatic carboxylic acids is 1. The van der Waals surface area contributed by atoms with Gasteiger partial charge in [-0.15, -0.1) is 11.3 Å². The van der Waals surface area contributed by atoms with E-state index in [-0.39, 0.29) is 5.76 Å². The Morgan fingerprint density at radius 1 is 1.55 bits per heavy atom. The van der Waals surface area contributed by atoms with E-state index in [0.717, 1.165) is 10.7 Å². The van der Waals surface area contributed by atoms with Crippen LogP contribution in [0.4, 0.5) is 4.79 Å². The van der Waals surface area contributed by atoms with Gasteiger partial charge in [-0.3, -0.25) is 0 Å². The second kappa shape index (κ2) is 7.79. The van der Waals surface area contributed by atoms with Crippen LogP contribution in [0, 0.1) is 0 Å². The van der Waals surface area contributed by atoms with E-state index < -0.39 is 18.0 Å². The van der Waals surface area contributed by atoms with Crippen LogP contribution in [0.3, 0.4) is 0 Å². The molecule has 0 fully saturated rings. The molecule has 0 aliphatic carbocycles. The van der Waals surface area contributed by atoms with Gasteiger partial charge in [0.05, 0.1) is 24.4 Å². The number of carbonyl (C=O) groups excluding carboxylic acids is 1. The van der Waals surface area contributed by atoms with Crippen LogP contribution in [0.15, 0.2) is 17.7 Å². The number of carboxylic acid groups (broad SMARTS) is 1. The van der Waals surface area contributed by atoms with Crippen molar-refractivity contribution in [3.8, 4) is 0 Å². The van der Waals surface area contributed by atoms with Crippen molar-refractivity contribution in [2.24, 2.45) is 0 Å². The Balaban J connectivity index is 2.67. The van der Waals surface area contributed by atoms with Gasteiger partial charge in [-0.25, -0.2) is 14.6 Å². The van der Waals surface area contributed by atoms with E-state index >= 15 is 0 Å². The number of hydrogen-bond donors (Lipinski definition) is 2. The van der Waals surface area contributed by atoms with Gasteiger partial charge in [0.15, 0.2) is 6.04 Å². The number of thiazole rings is 1. The minimum Gasteiger partial charge on any atom is -0.499 e. The Bertz CT molecular complexity index is 556. The maximum absolute atomic E-state index is 12.1. The molecule has 0 aromatic carbocycles. The number of carbonyl (C=O) groups is 2. The predicted octanol–water partition coefficient (Wildman–Crippen LogP) is 2.02. The van der Waals surface area contributed by atoms with Crippen LogP contribution in [0.25, 0.3) is 0 Å². The first kappa shape index (κ1) is 18.0. The maximum Gasteiger partial charge on any atom is 0.334 e. The Kier molecular flexibility index (Phi) is 6.36. The summed E-state index contributed by atoms with van der Waals surface area (Å²) >= 11 is 1.54. The minimum atomic E-state index is -1.29. The van der Waals surface area contributed by atoms with Crippen molar-refractivity contribution < 1.29 is 19.4 Å². The first-order valence-electron chi connectivity index (χ1n) is 6.67. The van der Waals surface area contributed by atoms with Crippen molar-refractivity contribution in [3.63, 3.8) is 0 Å². The normalized spacial score (nSPS) is 11.9. The molecule has 1 atom stereocenters. The van der Waals surface area contributed by atoms with E-state index in [1.807, 2.05) is 19.2 Å². The highest BCUT2D eigenvalue weighted by molar-refractivity contribution is 7.09. The summed E-state index contributed by atoms with van der Waals surface area (Å²) in [6.45, 7) is 7.86. The van der Waals surface area contributed by atoms with Crippen LogP contribution in [-0.4, -0.2) is 47.2 Å². The average Bonchev–Trinajstić information content (AvgIpc) is 2.91. The molecule has 2 N–H and O–H groups in total. The summed E-state index contributed by atoms with van der Waals surface area (Å²) in [5, 5.41) is 14.3. The Hall–Kier alpha value is -2.09. The molecule has 1 aromatic heterocycles. The van der Waals surface area contributed by atoms with Gasteiger partial charge < -0.3 is 20.1 Å². The van der Waals surface area contributed by atoms with E-state index in [1.165, 1.54) is 12.0 Å². The summed E-state index contributed by atoms with van der Waals surface area (Å²) in [6.07, 6.45) is 0. The lowest BCUT2D eigenvalue weighted by Crippen LogP contribution is -2.47. The quantitative estimate of drug-likeness (QED) is 0.748.